The van der Waals surface area contributed by atoms with Gasteiger partial charge in [0.1, 0.15) is 0 Å². The first-order chi connectivity index (χ1) is 11.6. The zero-order chi connectivity index (χ0) is 17.1. The number of hydrogen-bond donors (Lipinski definition) is 1. The lowest BCUT2D eigenvalue weighted by Crippen LogP contribution is -2.47. The first-order valence-electron chi connectivity index (χ1n) is 8.82. The van der Waals surface area contributed by atoms with E-state index in [1.807, 2.05) is 25.1 Å². The fourth-order valence-corrected chi connectivity index (χ4v) is 4.26. The van der Waals surface area contributed by atoms with Crippen molar-refractivity contribution < 1.29 is 9.59 Å². The van der Waals surface area contributed by atoms with E-state index in [1.54, 1.807) is 11.3 Å². The van der Waals surface area contributed by atoms with Crippen molar-refractivity contribution >= 4 is 23.2 Å². The zero-order valence-corrected chi connectivity index (χ0v) is 15.3. The molecular weight excluding hydrogens is 322 g/mol. The molecule has 2 heterocycles. The SMILES string of the molecule is CN(C)[C@@H](CNC(=O)[C@H]1CCCN(C(=O)C2CC2)C1)c1cccs1. The van der Waals surface area contributed by atoms with Gasteiger partial charge in [0.15, 0.2) is 0 Å². The molecule has 1 saturated heterocycles. The van der Waals surface area contributed by atoms with Crippen LogP contribution in [0.2, 0.25) is 0 Å². The summed E-state index contributed by atoms with van der Waals surface area (Å²) in [5, 5.41) is 5.18. The molecule has 0 bridgehead atoms. The molecule has 5 nitrogen and oxygen atoms in total. The molecule has 1 N–H and O–H groups in total. The van der Waals surface area contributed by atoms with Crippen LogP contribution in [-0.4, -0.2) is 55.3 Å². The minimum atomic E-state index is -0.0624. The molecule has 2 aliphatic rings. The average molecular weight is 350 g/mol. The first-order valence-corrected chi connectivity index (χ1v) is 9.70. The molecule has 1 aromatic heterocycles. The summed E-state index contributed by atoms with van der Waals surface area (Å²) in [7, 11) is 4.07. The van der Waals surface area contributed by atoms with Crippen molar-refractivity contribution in [1.82, 2.24) is 15.1 Å². The molecular formula is C18H27N3O2S. The van der Waals surface area contributed by atoms with Crippen LogP contribution in [0.1, 0.15) is 36.6 Å². The molecule has 1 aliphatic heterocycles. The Balaban J connectivity index is 1.53. The highest BCUT2D eigenvalue weighted by Gasteiger charge is 2.36. The largest absolute Gasteiger partial charge is 0.354 e. The second kappa shape index (κ2) is 7.66. The summed E-state index contributed by atoms with van der Waals surface area (Å²) in [6.07, 6.45) is 3.86. The molecule has 0 radical (unpaired) electrons. The Morgan fingerprint density at radius 2 is 2.12 bits per heavy atom. The number of carbonyl (C=O) groups is 2. The standard InChI is InChI=1S/C18H27N3O2S/c1-20(2)15(16-6-4-10-24-16)11-19-17(22)14-5-3-9-21(12-14)18(23)13-7-8-13/h4,6,10,13-15H,3,5,7-9,11-12H2,1-2H3,(H,19,22)/t14-,15-/m0/s1. The van der Waals surface area contributed by atoms with Gasteiger partial charge in [-0.2, -0.15) is 0 Å². The van der Waals surface area contributed by atoms with E-state index in [4.69, 9.17) is 0 Å². The maximum Gasteiger partial charge on any atom is 0.225 e. The lowest BCUT2D eigenvalue weighted by Gasteiger charge is -2.33. The van der Waals surface area contributed by atoms with E-state index in [0.29, 0.717) is 13.1 Å². The smallest absolute Gasteiger partial charge is 0.225 e. The van der Waals surface area contributed by atoms with Crippen molar-refractivity contribution in [2.75, 3.05) is 33.7 Å². The summed E-state index contributed by atoms with van der Waals surface area (Å²) >= 11 is 1.72. The predicted octanol–water partition coefficient (Wildman–Crippen LogP) is 2.12. The number of carbonyl (C=O) groups excluding carboxylic acids is 2. The van der Waals surface area contributed by atoms with Crippen molar-refractivity contribution in [3.05, 3.63) is 22.4 Å². The van der Waals surface area contributed by atoms with E-state index in [1.165, 1.54) is 4.88 Å². The maximum atomic E-state index is 12.6. The van der Waals surface area contributed by atoms with Crippen LogP contribution in [0.15, 0.2) is 17.5 Å². The molecule has 2 fully saturated rings. The summed E-state index contributed by atoms with van der Waals surface area (Å²) in [5.41, 5.74) is 0. The van der Waals surface area contributed by atoms with E-state index in [2.05, 4.69) is 21.7 Å². The molecule has 3 rings (SSSR count). The third kappa shape index (κ3) is 4.16. The molecule has 0 unspecified atom stereocenters. The second-order valence-corrected chi connectivity index (χ2v) is 8.12. The van der Waals surface area contributed by atoms with Gasteiger partial charge in [-0.1, -0.05) is 6.07 Å². The van der Waals surface area contributed by atoms with Gasteiger partial charge in [0, 0.05) is 30.4 Å². The molecule has 1 aliphatic carbocycles. The zero-order valence-electron chi connectivity index (χ0n) is 14.5. The summed E-state index contributed by atoms with van der Waals surface area (Å²) in [4.78, 5) is 30.1. The number of piperidine rings is 1. The highest BCUT2D eigenvalue weighted by molar-refractivity contribution is 7.10. The van der Waals surface area contributed by atoms with Crippen molar-refractivity contribution in [2.45, 2.75) is 31.7 Å². The van der Waals surface area contributed by atoms with Crippen molar-refractivity contribution in [3.8, 4) is 0 Å². The van der Waals surface area contributed by atoms with Gasteiger partial charge in [0.05, 0.1) is 12.0 Å². The second-order valence-electron chi connectivity index (χ2n) is 7.14. The third-order valence-electron chi connectivity index (χ3n) is 5.00. The summed E-state index contributed by atoms with van der Waals surface area (Å²) in [6, 6.07) is 4.35. The van der Waals surface area contributed by atoms with Crippen LogP contribution in [0.25, 0.3) is 0 Å². The van der Waals surface area contributed by atoms with Gasteiger partial charge in [-0.3, -0.25) is 9.59 Å². The quantitative estimate of drug-likeness (QED) is 0.856. The van der Waals surface area contributed by atoms with Gasteiger partial charge in [-0.25, -0.2) is 0 Å². The molecule has 1 saturated carbocycles. The van der Waals surface area contributed by atoms with Crippen LogP contribution in [-0.2, 0) is 9.59 Å². The monoisotopic (exact) mass is 349 g/mol. The Hall–Kier alpha value is -1.40. The number of nitrogens with one attached hydrogen (secondary N) is 1. The average Bonchev–Trinajstić information content (AvgIpc) is 3.30. The van der Waals surface area contributed by atoms with Crippen LogP contribution in [0.4, 0.5) is 0 Å². The Bertz CT molecular complexity index is 569. The summed E-state index contributed by atoms with van der Waals surface area (Å²) in [5.74, 6) is 0.528. The summed E-state index contributed by atoms with van der Waals surface area (Å²) in [6.45, 7) is 2.01. The van der Waals surface area contributed by atoms with Crippen LogP contribution < -0.4 is 5.32 Å². The number of likely N-dealkylation sites (N-methyl/N-ethyl adjacent to an activating group) is 1. The Morgan fingerprint density at radius 3 is 2.75 bits per heavy atom. The van der Waals surface area contributed by atoms with Crippen molar-refractivity contribution in [1.29, 1.82) is 0 Å². The Kier molecular flexibility index (Phi) is 5.56. The lowest BCUT2D eigenvalue weighted by atomic mass is 9.96. The minimum absolute atomic E-state index is 0.0624. The maximum absolute atomic E-state index is 12.6. The lowest BCUT2D eigenvalue weighted by molar-refractivity contribution is -0.136. The van der Waals surface area contributed by atoms with Crippen LogP contribution in [0.5, 0.6) is 0 Å². The van der Waals surface area contributed by atoms with Crippen molar-refractivity contribution in [2.24, 2.45) is 11.8 Å². The number of nitrogens with zero attached hydrogens (tertiary/aromatic N) is 2. The van der Waals surface area contributed by atoms with Gasteiger partial charge in [0.2, 0.25) is 11.8 Å². The van der Waals surface area contributed by atoms with E-state index in [0.717, 1.165) is 32.2 Å². The first kappa shape index (κ1) is 17.4. The van der Waals surface area contributed by atoms with E-state index in [-0.39, 0.29) is 29.7 Å². The predicted molar refractivity (Wildman–Crippen MR) is 95.8 cm³/mol. The summed E-state index contributed by atoms with van der Waals surface area (Å²) < 4.78 is 0. The molecule has 24 heavy (non-hydrogen) atoms. The molecule has 0 aromatic carbocycles. The Morgan fingerprint density at radius 1 is 1.33 bits per heavy atom. The highest BCUT2D eigenvalue weighted by atomic mass is 32.1. The minimum Gasteiger partial charge on any atom is -0.354 e. The van der Waals surface area contributed by atoms with Crippen molar-refractivity contribution in [3.63, 3.8) is 0 Å². The molecule has 6 heteroatoms. The number of rotatable bonds is 6. The van der Waals surface area contributed by atoms with Crippen LogP contribution in [0, 0.1) is 11.8 Å². The van der Waals surface area contributed by atoms with E-state index in [9.17, 15) is 9.59 Å². The normalized spacial score (nSPS) is 22.5. The third-order valence-corrected chi connectivity index (χ3v) is 5.97. The fraction of sp³-hybridized carbons (Fsp3) is 0.667. The number of likely N-dealkylation sites (tertiary alicyclic amines) is 1. The van der Waals surface area contributed by atoms with Crippen LogP contribution in [0.3, 0.4) is 0 Å². The van der Waals surface area contributed by atoms with Gasteiger partial charge in [0.25, 0.3) is 0 Å². The van der Waals surface area contributed by atoms with E-state index < -0.39 is 0 Å². The van der Waals surface area contributed by atoms with Gasteiger partial charge < -0.3 is 15.1 Å². The molecule has 132 valence electrons. The number of amides is 2. The molecule has 2 atom stereocenters. The molecule has 1 aromatic rings. The molecule has 2 amide bonds. The number of thiophene rings is 1. The molecule has 0 spiro atoms. The number of hydrogen-bond acceptors (Lipinski definition) is 4. The Labute approximate surface area is 148 Å². The van der Waals surface area contributed by atoms with Gasteiger partial charge in [-0.15, -0.1) is 11.3 Å². The topological polar surface area (TPSA) is 52.7 Å². The van der Waals surface area contributed by atoms with Crippen LogP contribution >= 0.6 is 11.3 Å². The van der Waals surface area contributed by atoms with Gasteiger partial charge >= 0.3 is 0 Å². The van der Waals surface area contributed by atoms with E-state index >= 15 is 0 Å². The fourth-order valence-electron chi connectivity index (χ4n) is 3.34. The highest BCUT2D eigenvalue weighted by Crippen LogP contribution is 2.32. The van der Waals surface area contributed by atoms with Gasteiger partial charge in [-0.05, 0) is 51.2 Å².